The van der Waals surface area contributed by atoms with Gasteiger partial charge in [0.1, 0.15) is 11.3 Å². The number of esters is 1. The van der Waals surface area contributed by atoms with Gasteiger partial charge in [0.15, 0.2) is 18.0 Å². The van der Waals surface area contributed by atoms with E-state index >= 15 is 0 Å². The van der Waals surface area contributed by atoms with E-state index in [0.717, 1.165) is 5.39 Å². The zero-order valence-corrected chi connectivity index (χ0v) is 16.7. The Morgan fingerprint density at radius 3 is 2.41 bits per heavy atom. The van der Waals surface area contributed by atoms with Gasteiger partial charge in [-0.3, -0.25) is 4.79 Å². The maximum atomic E-state index is 13.1. The van der Waals surface area contributed by atoms with Gasteiger partial charge in [0.05, 0.1) is 5.56 Å². The van der Waals surface area contributed by atoms with Crippen molar-refractivity contribution in [1.82, 2.24) is 4.98 Å². The highest BCUT2D eigenvalue weighted by molar-refractivity contribution is 6.10. The van der Waals surface area contributed by atoms with Crippen LogP contribution in [0.25, 0.3) is 33.3 Å². The first-order valence-corrected chi connectivity index (χ1v) is 9.94. The fourth-order valence-corrected chi connectivity index (χ4v) is 3.60. The Hall–Kier alpha value is -4.32. The lowest BCUT2D eigenvalue weighted by atomic mass is 9.99. The highest BCUT2D eigenvalue weighted by Crippen LogP contribution is 2.33. The summed E-state index contributed by atoms with van der Waals surface area (Å²) in [4.78, 5) is 29.8. The number of benzene rings is 4. The van der Waals surface area contributed by atoms with E-state index in [1.165, 1.54) is 24.3 Å². The van der Waals surface area contributed by atoms with Crippen LogP contribution in [0.1, 0.15) is 20.7 Å². The minimum absolute atomic E-state index is 0.268. The first kappa shape index (κ1) is 19.6. The van der Waals surface area contributed by atoms with Crippen molar-refractivity contribution < 1.29 is 23.1 Å². The number of hydrogen-bond acceptors (Lipinski definition) is 5. The molecule has 1 aromatic heterocycles. The third-order valence-corrected chi connectivity index (χ3v) is 5.15. The largest absolute Gasteiger partial charge is 0.454 e. The van der Waals surface area contributed by atoms with Gasteiger partial charge in [-0.2, -0.15) is 0 Å². The number of rotatable bonds is 5. The first-order chi connectivity index (χ1) is 15.6. The van der Waals surface area contributed by atoms with Gasteiger partial charge in [-0.1, -0.05) is 36.4 Å². The third-order valence-electron chi connectivity index (χ3n) is 5.15. The molecule has 0 amide bonds. The highest BCUT2D eigenvalue weighted by Gasteiger charge is 2.19. The molecule has 0 atom stereocenters. The van der Waals surface area contributed by atoms with Gasteiger partial charge in [-0.25, -0.2) is 14.2 Å². The number of oxazole rings is 1. The molecule has 6 heteroatoms. The number of halogens is 1. The van der Waals surface area contributed by atoms with Crippen molar-refractivity contribution in [2.45, 2.75) is 0 Å². The molecule has 5 aromatic rings. The van der Waals surface area contributed by atoms with Crippen molar-refractivity contribution in [2.24, 2.45) is 0 Å². The summed E-state index contributed by atoms with van der Waals surface area (Å²) >= 11 is 0. The van der Waals surface area contributed by atoms with Crippen LogP contribution in [0, 0.1) is 5.82 Å². The van der Waals surface area contributed by atoms with Gasteiger partial charge in [0.25, 0.3) is 0 Å². The lowest BCUT2D eigenvalue weighted by molar-refractivity contribution is 0.0476. The number of hydrogen-bond donors (Lipinski definition) is 0. The number of carbonyl (C=O) groups excluding carboxylic acids is 2. The molecule has 5 rings (SSSR count). The average Bonchev–Trinajstić information content (AvgIpc) is 3.26. The number of carbonyl (C=O) groups is 2. The number of nitrogens with zero attached hydrogens (tertiary/aromatic N) is 1. The molecule has 0 saturated heterocycles. The number of Topliss-reactive ketones (excluding diaryl/α,β-unsaturated/α-hetero) is 1. The molecular formula is C26H16FNO4. The van der Waals surface area contributed by atoms with Crippen LogP contribution < -0.4 is 0 Å². The Bertz CT molecular complexity index is 1430. The van der Waals surface area contributed by atoms with Gasteiger partial charge in [0.2, 0.25) is 5.89 Å². The summed E-state index contributed by atoms with van der Waals surface area (Å²) < 4.78 is 24.3. The molecule has 0 aliphatic rings. The van der Waals surface area contributed by atoms with Gasteiger partial charge >= 0.3 is 5.97 Å². The van der Waals surface area contributed by atoms with Crippen LogP contribution >= 0.6 is 0 Å². The first-order valence-electron chi connectivity index (χ1n) is 9.94. The third kappa shape index (κ3) is 3.63. The Labute approximate surface area is 182 Å². The summed E-state index contributed by atoms with van der Waals surface area (Å²) in [6, 6.07) is 23.3. The van der Waals surface area contributed by atoms with E-state index in [0.29, 0.717) is 33.5 Å². The summed E-state index contributed by atoms with van der Waals surface area (Å²) in [6.45, 7) is -0.452. The molecule has 4 aromatic carbocycles. The van der Waals surface area contributed by atoms with Crippen LogP contribution in [0.15, 0.2) is 89.3 Å². The maximum absolute atomic E-state index is 13.1. The van der Waals surface area contributed by atoms with Crippen molar-refractivity contribution in [3.05, 3.63) is 102 Å². The normalized spacial score (nSPS) is 11.0. The summed E-state index contributed by atoms with van der Waals surface area (Å²) in [5, 5.41) is 1.44. The van der Waals surface area contributed by atoms with Crippen molar-refractivity contribution in [1.29, 1.82) is 0 Å². The molecule has 0 N–H and O–H groups in total. The molecule has 32 heavy (non-hydrogen) atoms. The molecule has 0 radical (unpaired) electrons. The second-order valence-electron chi connectivity index (χ2n) is 7.20. The minimum Gasteiger partial charge on any atom is -0.454 e. The van der Waals surface area contributed by atoms with Gasteiger partial charge < -0.3 is 9.15 Å². The van der Waals surface area contributed by atoms with Crippen molar-refractivity contribution in [3.8, 4) is 11.5 Å². The smallest absolute Gasteiger partial charge is 0.339 e. The number of aromatic nitrogens is 1. The molecule has 0 aliphatic heterocycles. The minimum atomic E-state index is -0.644. The molecule has 1 heterocycles. The summed E-state index contributed by atoms with van der Waals surface area (Å²) in [5.74, 6) is -1.12. The number of ether oxygens (including phenoxy) is 1. The maximum Gasteiger partial charge on any atom is 0.339 e. The van der Waals surface area contributed by atoms with E-state index in [1.807, 2.05) is 48.5 Å². The predicted octanol–water partition coefficient (Wildman–Crippen LogP) is 5.83. The van der Waals surface area contributed by atoms with Crippen molar-refractivity contribution >= 4 is 33.6 Å². The second kappa shape index (κ2) is 8.07. The molecule has 156 valence electrons. The van der Waals surface area contributed by atoms with Crippen LogP contribution in [0.3, 0.4) is 0 Å². The topological polar surface area (TPSA) is 69.4 Å². The summed E-state index contributed by atoms with van der Waals surface area (Å²) in [6.07, 6.45) is 0. The zero-order chi connectivity index (χ0) is 22.1. The van der Waals surface area contributed by atoms with E-state index in [-0.39, 0.29) is 5.56 Å². The molecule has 0 unspecified atom stereocenters. The highest BCUT2D eigenvalue weighted by atomic mass is 19.1. The van der Waals surface area contributed by atoms with Gasteiger partial charge in [0, 0.05) is 16.5 Å². The Kier molecular flexibility index (Phi) is 4.95. The van der Waals surface area contributed by atoms with Gasteiger partial charge in [-0.05, 0) is 53.9 Å². The molecular weight excluding hydrogens is 409 g/mol. The second-order valence-corrected chi connectivity index (χ2v) is 7.20. The van der Waals surface area contributed by atoms with Crippen LogP contribution in [-0.4, -0.2) is 23.3 Å². The average molecular weight is 425 g/mol. The SMILES string of the molecule is O=C(COC(=O)c1cccc2cccc(-c3nc4ccccc4o3)c12)c1ccc(F)cc1. The van der Waals surface area contributed by atoms with Crippen LogP contribution in [0.2, 0.25) is 0 Å². The molecule has 0 aliphatic carbocycles. The molecule has 0 fully saturated rings. The number of ketones is 1. The monoisotopic (exact) mass is 425 g/mol. The van der Waals surface area contributed by atoms with Crippen LogP contribution in [0.4, 0.5) is 4.39 Å². The molecule has 5 nitrogen and oxygen atoms in total. The summed E-state index contributed by atoms with van der Waals surface area (Å²) in [7, 11) is 0. The fraction of sp³-hybridized carbons (Fsp3) is 0.0385. The lowest BCUT2D eigenvalue weighted by Crippen LogP contribution is -2.14. The zero-order valence-electron chi connectivity index (χ0n) is 16.7. The van der Waals surface area contributed by atoms with Crippen molar-refractivity contribution in [3.63, 3.8) is 0 Å². The van der Waals surface area contributed by atoms with Gasteiger partial charge in [-0.15, -0.1) is 0 Å². The Balaban J connectivity index is 1.49. The van der Waals surface area contributed by atoms with Crippen LogP contribution in [0.5, 0.6) is 0 Å². The van der Waals surface area contributed by atoms with E-state index < -0.39 is 24.2 Å². The van der Waals surface area contributed by atoms with Crippen LogP contribution in [-0.2, 0) is 4.74 Å². The molecule has 0 spiro atoms. The lowest BCUT2D eigenvalue weighted by Gasteiger charge is -2.10. The fourth-order valence-electron chi connectivity index (χ4n) is 3.60. The van der Waals surface area contributed by atoms with E-state index in [4.69, 9.17) is 9.15 Å². The number of para-hydroxylation sites is 2. The summed E-state index contributed by atoms with van der Waals surface area (Å²) in [5.41, 5.74) is 2.57. The number of fused-ring (bicyclic) bond motifs is 2. The standard InChI is InChI=1S/C26H16FNO4/c27-18-13-11-16(12-14-18)22(29)15-31-26(30)20-8-4-6-17-5-3-7-19(24(17)20)25-28-21-9-1-2-10-23(21)32-25/h1-14H,15H2. The quantitative estimate of drug-likeness (QED) is 0.262. The van der Waals surface area contributed by atoms with E-state index in [1.54, 1.807) is 12.1 Å². The molecule has 0 saturated carbocycles. The predicted molar refractivity (Wildman–Crippen MR) is 118 cm³/mol. The molecule has 0 bridgehead atoms. The van der Waals surface area contributed by atoms with Crippen molar-refractivity contribution in [2.75, 3.05) is 6.61 Å². The Morgan fingerprint density at radius 1 is 0.875 bits per heavy atom. The van der Waals surface area contributed by atoms with E-state index in [9.17, 15) is 14.0 Å². The Morgan fingerprint density at radius 2 is 1.62 bits per heavy atom. The van der Waals surface area contributed by atoms with E-state index in [2.05, 4.69) is 4.98 Å².